The van der Waals surface area contributed by atoms with Crippen molar-refractivity contribution < 1.29 is 9.13 Å². The van der Waals surface area contributed by atoms with Crippen LogP contribution >= 0.6 is 0 Å². The summed E-state index contributed by atoms with van der Waals surface area (Å²) in [5.74, 6) is -0.203. The Labute approximate surface area is 164 Å². The second kappa shape index (κ2) is 9.10. The predicted octanol–water partition coefficient (Wildman–Crippen LogP) is 3.17. The highest BCUT2D eigenvalue weighted by molar-refractivity contribution is 5.31. The number of aromatic nitrogens is 2. The van der Waals surface area contributed by atoms with Crippen molar-refractivity contribution in [3.63, 3.8) is 0 Å². The minimum absolute atomic E-state index is 0.189. The largest absolute Gasteiger partial charge is 0.379 e. The molecule has 2 heterocycles. The number of hydrogen-bond donors (Lipinski definition) is 1. The maximum absolute atomic E-state index is 13.3. The van der Waals surface area contributed by atoms with E-state index in [1.54, 1.807) is 0 Å². The number of halogens is 1. The van der Waals surface area contributed by atoms with E-state index < -0.39 is 0 Å². The van der Waals surface area contributed by atoms with Gasteiger partial charge in [0.15, 0.2) is 0 Å². The van der Waals surface area contributed by atoms with Gasteiger partial charge >= 0.3 is 0 Å². The number of hydrogen-bond acceptors (Lipinski definition) is 4. The van der Waals surface area contributed by atoms with E-state index in [0.29, 0.717) is 0 Å². The Bertz CT molecular complexity index is 860. The fraction of sp³-hybridized carbons (Fsp3) is 0.318. The molecule has 0 aliphatic carbocycles. The third kappa shape index (κ3) is 4.65. The van der Waals surface area contributed by atoms with Crippen LogP contribution < -0.4 is 5.32 Å². The molecule has 1 fully saturated rings. The molecule has 1 aromatic heterocycles. The van der Waals surface area contributed by atoms with Crippen molar-refractivity contribution >= 4 is 0 Å². The topological polar surface area (TPSA) is 42.3 Å². The number of ether oxygens (including phenoxy) is 1. The van der Waals surface area contributed by atoms with E-state index in [1.807, 2.05) is 59.5 Å². The molecule has 1 unspecified atom stereocenters. The second-order valence-electron chi connectivity index (χ2n) is 6.98. The zero-order valence-electron chi connectivity index (χ0n) is 15.8. The molecule has 0 bridgehead atoms. The second-order valence-corrected chi connectivity index (χ2v) is 6.98. The van der Waals surface area contributed by atoms with Gasteiger partial charge in [-0.15, -0.1) is 0 Å². The molecule has 1 atom stereocenters. The summed E-state index contributed by atoms with van der Waals surface area (Å²) in [7, 11) is 0. The first-order valence-electron chi connectivity index (χ1n) is 9.66. The molecule has 3 aromatic rings. The van der Waals surface area contributed by atoms with Crippen molar-refractivity contribution in [2.24, 2.45) is 0 Å². The zero-order chi connectivity index (χ0) is 19.2. The molecular formula is C22H25FN4O. The van der Waals surface area contributed by atoms with Gasteiger partial charge in [-0.2, -0.15) is 5.10 Å². The van der Waals surface area contributed by atoms with Crippen LogP contribution in [0.5, 0.6) is 0 Å². The number of benzene rings is 2. The van der Waals surface area contributed by atoms with Crippen LogP contribution in [0, 0.1) is 5.82 Å². The van der Waals surface area contributed by atoms with E-state index in [-0.39, 0.29) is 11.9 Å². The van der Waals surface area contributed by atoms with E-state index in [2.05, 4.69) is 15.3 Å². The van der Waals surface area contributed by atoms with Gasteiger partial charge in [0, 0.05) is 44.0 Å². The van der Waals surface area contributed by atoms with Gasteiger partial charge in [0.1, 0.15) is 5.82 Å². The summed E-state index contributed by atoms with van der Waals surface area (Å²) in [4.78, 5) is 2.40. The third-order valence-electron chi connectivity index (χ3n) is 5.06. The highest BCUT2D eigenvalue weighted by atomic mass is 19.1. The van der Waals surface area contributed by atoms with Crippen LogP contribution in [0.25, 0.3) is 5.69 Å². The summed E-state index contributed by atoms with van der Waals surface area (Å²) >= 11 is 0. The maximum Gasteiger partial charge on any atom is 0.123 e. The van der Waals surface area contributed by atoms with Crippen LogP contribution in [0.1, 0.15) is 17.2 Å². The number of morpholine rings is 1. The first kappa shape index (κ1) is 18.8. The van der Waals surface area contributed by atoms with Gasteiger partial charge in [0.25, 0.3) is 0 Å². The van der Waals surface area contributed by atoms with Crippen LogP contribution in [-0.2, 0) is 11.3 Å². The average Bonchev–Trinajstić information content (AvgIpc) is 3.22. The predicted molar refractivity (Wildman–Crippen MR) is 107 cm³/mol. The Morgan fingerprint density at radius 1 is 1.04 bits per heavy atom. The van der Waals surface area contributed by atoms with E-state index in [4.69, 9.17) is 4.74 Å². The smallest absolute Gasteiger partial charge is 0.123 e. The van der Waals surface area contributed by atoms with Gasteiger partial charge in [0.2, 0.25) is 0 Å². The Morgan fingerprint density at radius 3 is 2.54 bits per heavy atom. The fourth-order valence-corrected chi connectivity index (χ4v) is 3.56. The molecule has 1 aliphatic heterocycles. The number of nitrogens with one attached hydrogen (secondary N) is 1. The van der Waals surface area contributed by atoms with Crippen molar-refractivity contribution in [1.29, 1.82) is 0 Å². The van der Waals surface area contributed by atoms with Crippen molar-refractivity contribution in [1.82, 2.24) is 20.0 Å². The summed E-state index contributed by atoms with van der Waals surface area (Å²) < 4.78 is 20.7. The lowest BCUT2D eigenvalue weighted by molar-refractivity contribution is 0.0161. The molecule has 1 aliphatic rings. The summed E-state index contributed by atoms with van der Waals surface area (Å²) in [6.07, 6.45) is 3.94. The Morgan fingerprint density at radius 2 is 1.79 bits per heavy atom. The van der Waals surface area contributed by atoms with Crippen molar-refractivity contribution in [2.45, 2.75) is 12.6 Å². The van der Waals surface area contributed by atoms with Gasteiger partial charge in [-0.25, -0.2) is 9.07 Å². The third-order valence-corrected chi connectivity index (χ3v) is 5.06. The van der Waals surface area contributed by atoms with Gasteiger partial charge in [-0.1, -0.05) is 30.3 Å². The van der Waals surface area contributed by atoms with Crippen LogP contribution in [0.4, 0.5) is 4.39 Å². The molecule has 5 nitrogen and oxygen atoms in total. The maximum atomic E-state index is 13.3. The van der Waals surface area contributed by atoms with Crippen molar-refractivity contribution in [2.75, 3.05) is 32.8 Å². The number of para-hydroxylation sites is 1. The first-order chi connectivity index (χ1) is 13.8. The van der Waals surface area contributed by atoms with Crippen LogP contribution in [0.15, 0.2) is 67.0 Å². The summed E-state index contributed by atoms with van der Waals surface area (Å²) in [6, 6.07) is 17.1. The Kier molecular flexibility index (Phi) is 6.11. The first-order valence-corrected chi connectivity index (χ1v) is 9.66. The normalized spacial score (nSPS) is 16.2. The van der Waals surface area contributed by atoms with E-state index >= 15 is 0 Å². The van der Waals surface area contributed by atoms with E-state index in [0.717, 1.165) is 56.2 Å². The minimum Gasteiger partial charge on any atom is -0.379 e. The molecule has 6 heteroatoms. The highest BCUT2D eigenvalue weighted by Gasteiger charge is 2.22. The SMILES string of the molecule is Fc1ccc(C(CNCc2cnn(-c3ccccc3)c2)N2CCOCC2)cc1. The molecule has 1 saturated heterocycles. The molecule has 0 radical (unpaired) electrons. The van der Waals surface area contributed by atoms with Gasteiger partial charge in [0.05, 0.1) is 25.1 Å². The average molecular weight is 380 g/mol. The monoisotopic (exact) mass is 380 g/mol. The molecule has 4 rings (SSSR count). The molecule has 0 spiro atoms. The number of nitrogens with zero attached hydrogens (tertiary/aromatic N) is 3. The van der Waals surface area contributed by atoms with Crippen LogP contribution in [0.3, 0.4) is 0 Å². The molecule has 28 heavy (non-hydrogen) atoms. The molecular weight excluding hydrogens is 355 g/mol. The minimum atomic E-state index is -0.203. The molecule has 2 aromatic carbocycles. The lowest BCUT2D eigenvalue weighted by Gasteiger charge is -2.35. The summed E-state index contributed by atoms with van der Waals surface area (Å²) in [5.41, 5.74) is 3.30. The van der Waals surface area contributed by atoms with Crippen molar-refractivity contribution in [3.8, 4) is 5.69 Å². The van der Waals surface area contributed by atoms with E-state index in [9.17, 15) is 4.39 Å². The highest BCUT2D eigenvalue weighted by Crippen LogP contribution is 2.22. The van der Waals surface area contributed by atoms with E-state index in [1.165, 1.54) is 12.1 Å². The Hall–Kier alpha value is -2.54. The lowest BCUT2D eigenvalue weighted by Crippen LogP contribution is -2.42. The standard InChI is InChI=1S/C22H25FN4O/c23-20-8-6-19(7-9-20)22(26-10-12-28-13-11-26)16-24-14-18-15-25-27(17-18)21-4-2-1-3-5-21/h1-9,15,17,22,24H,10-14,16H2. The van der Waals surface area contributed by atoms with Crippen LogP contribution in [0.2, 0.25) is 0 Å². The zero-order valence-corrected chi connectivity index (χ0v) is 15.8. The molecule has 1 N–H and O–H groups in total. The quantitative estimate of drug-likeness (QED) is 0.684. The van der Waals surface area contributed by atoms with Gasteiger partial charge < -0.3 is 10.1 Å². The van der Waals surface area contributed by atoms with Gasteiger partial charge in [-0.3, -0.25) is 4.90 Å². The summed E-state index contributed by atoms with van der Waals surface area (Å²) in [6.45, 7) is 4.76. The fourth-order valence-electron chi connectivity index (χ4n) is 3.56. The molecule has 146 valence electrons. The van der Waals surface area contributed by atoms with Crippen molar-refractivity contribution in [3.05, 3.63) is 83.9 Å². The lowest BCUT2D eigenvalue weighted by atomic mass is 10.0. The Balaban J connectivity index is 1.40. The number of rotatable bonds is 7. The van der Waals surface area contributed by atoms with Crippen LogP contribution in [-0.4, -0.2) is 47.5 Å². The summed E-state index contributed by atoms with van der Waals surface area (Å²) in [5, 5.41) is 8.00. The molecule has 0 amide bonds. The molecule has 0 saturated carbocycles. The van der Waals surface area contributed by atoms with Gasteiger partial charge in [-0.05, 0) is 29.8 Å².